The molecule has 0 spiro atoms. The third-order valence-corrected chi connectivity index (χ3v) is 2.50. The van der Waals surface area contributed by atoms with E-state index in [1.54, 1.807) is 12.3 Å². The van der Waals surface area contributed by atoms with Crippen LogP contribution in [0, 0.1) is 6.92 Å². The largest absolute Gasteiger partial charge is 0.435 e. The number of anilines is 1. The summed E-state index contributed by atoms with van der Waals surface area (Å²) in [6.07, 6.45) is 1.59. The Morgan fingerprint density at radius 2 is 1.95 bits per heavy atom. The second kappa shape index (κ2) is 6.10. The fourth-order valence-corrected chi connectivity index (χ4v) is 1.58. The zero-order valence-corrected chi connectivity index (χ0v) is 10.6. The van der Waals surface area contributed by atoms with Gasteiger partial charge in [-0.3, -0.25) is 4.79 Å². The minimum absolute atomic E-state index is 0.00484. The lowest BCUT2D eigenvalue weighted by molar-refractivity contribution is -0.0498. The van der Waals surface area contributed by atoms with Crippen LogP contribution in [0.2, 0.25) is 0 Å². The summed E-state index contributed by atoms with van der Waals surface area (Å²) in [7, 11) is 0. The van der Waals surface area contributed by atoms with Crippen LogP contribution >= 0.6 is 0 Å². The van der Waals surface area contributed by atoms with Gasteiger partial charge in [0.05, 0.1) is 0 Å². The van der Waals surface area contributed by atoms with E-state index in [9.17, 15) is 13.6 Å². The molecule has 1 N–H and O–H groups in total. The number of halogens is 2. The molecule has 0 fully saturated rings. The molecule has 6 heteroatoms. The molecule has 0 aliphatic carbocycles. The Hall–Kier alpha value is -2.50. The number of amides is 1. The van der Waals surface area contributed by atoms with Crippen molar-refractivity contribution in [3.8, 4) is 5.75 Å². The van der Waals surface area contributed by atoms with E-state index in [-0.39, 0.29) is 11.7 Å². The number of hydrogen-bond donors (Lipinski definition) is 1. The standard InChI is InChI=1S/C14H12F2N2O2/c1-9-6-7-17-12(8-9)18-13(19)10-2-4-11(5-3-10)20-14(15)16/h2-8,14H,1H3,(H,17,18,19). The lowest BCUT2D eigenvalue weighted by Gasteiger charge is -2.07. The van der Waals surface area contributed by atoms with Crippen molar-refractivity contribution in [2.24, 2.45) is 0 Å². The van der Waals surface area contributed by atoms with Crippen molar-refractivity contribution in [1.29, 1.82) is 0 Å². The summed E-state index contributed by atoms with van der Waals surface area (Å²) in [4.78, 5) is 15.9. The molecule has 1 aromatic carbocycles. The molecule has 0 saturated heterocycles. The molecular weight excluding hydrogens is 266 g/mol. The predicted molar refractivity (Wildman–Crippen MR) is 70.0 cm³/mol. The molecule has 20 heavy (non-hydrogen) atoms. The van der Waals surface area contributed by atoms with Gasteiger partial charge in [0.2, 0.25) is 0 Å². The van der Waals surface area contributed by atoms with Crippen molar-refractivity contribution < 1.29 is 18.3 Å². The minimum Gasteiger partial charge on any atom is -0.435 e. The highest BCUT2D eigenvalue weighted by Crippen LogP contribution is 2.16. The normalized spacial score (nSPS) is 10.4. The van der Waals surface area contributed by atoms with Gasteiger partial charge in [-0.05, 0) is 48.9 Å². The highest BCUT2D eigenvalue weighted by atomic mass is 19.3. The molecule has 4 nitrogen and oxygen atoms in total. The molecular formula is C14H12F2N2O2. The van der Waals surface area contributed by atoms with Crippen LogP contribution in [0.5, 0.6) is 5.75 Å². The zero-order valence-electron chi connectivity index (χ0n) is 10.6. The van der Waals surface area contributed by atoms with Crippen LogP contribution in [0.1, 0.15) is 15.9 Å². The Morgan fingerprint density at radius 1 is 1.25 bits per heavy atom. The summed E-state index contributed by atoms with van der Waals surface area (Å²) < 4.78 is 28.2. The number of aryl methyl sites for hydroxylation is 1. The summed E-state index contributed by atoms with van der Waals surface area (Å²) in [5, 5.41) is 2.62. The molecule has 0 atom stereocenters. The van der Waals surface area contributed by atoms with Crippen molar-refractivity contribution in [3.63, 3.8) is 0 Å². The zero-order chi connectivity index (χ0) is 14.5. The van der Waals surface area contributed by atoms with Crippen molar-refractivity contribution in [1.82, 2.24) is 4.98 Å². The van der Waals surface area contributed by atoms with Gasteiger partial charge in [0.15, 0.2) is 0 Å². The van der Waals surface area contributed by atoms with Gasteiger partial charge in [0.25, 0.3) is 5.91 Å². The first-order chi connectivity index (χ1) is 9.54. The summed E-state index contributed by atoms with van der Waals surface area (Å²) >= 11 is 0. The number of pyridine rings is 1. The predicted octanol–water partition coefficient (Wildman–Crippen LogP) is 3.24. The first-order valence-electron chi connectivity index (χ1n) is 5.83. The van der Waals surface area contributed by atoms with E-state index in [1.165, 1.54) is 24.3 Å². The number of ether oxygens (including phenoxy) is 1. The van der Waals surface area contributed by atoms with Gasteiger partial charge in [-0.25, -0.2) is 4.98 Å². The smallest absolute Gasteiger partial charge is 0.387 e. The molecule has 104 valence electrons. The molecule has 1 heterocycles. The number of nitrogens with zero attached hydrogens (tertiary/aromatic N) is 1. The number of benzene rings is 1. The average Bonchev–Trinajstić information content (AvgIpc) is 2.38. The Balaban J connectivity index is 2.06. The van der Waals surface area contributed by atoms with Crippen LogP contribution in [-0.2, 0) is 0 Å². The van der Waals surface area contributed by atoms with Crippen LogP contribution in [0.4, 0.5) is 14.6 Å². The molecule has 0 unspecified atom stereocenters. The maximum Gasteiger partial charge on any atom is 0.387 e. The van der Waals surface area contributed by atoms with Gasteiger partial charge >= 0.3 is 6.61 Å². The van der Waals surface area contributed by atoms with Gasteiger partial charge in [0, 0.05) is 11.8 Å². The molecule has 0 aliphatic heterocycles. The maximum atomic E-state index is 12.0. The van der Waals surface area contributed by atoms with Gasteiger partial charge in [0.1, 0.15) is 11.6 Å². The maximum absolute atomic E-state index is 12.0. The third kappa shape index (κ3) is 3.74. The highest BCUT2D eigenvalue weighted by molar-refractivity contribution is 6.03. The third-order valence-electron chi connectivity index (χ3n) is 2.50. The van der Waals surface area contributed by atoms with Crippen LogP contribution in [0.15, 0.2) is 42.6 Å². The number of carbonyl (C=O) groups is 1. The molecule has 1 aromatic heterocycles. The van der Waals surface area contributed by atoms with Gasteiger partial charge in [-0.15, -0.1) is 0 Å². The number of rotatable bonds is 4. The van der Waals surface area contributed by atoms with Crippen LogP contribution in [0.3, 0.4) is 0 Å². The SMILES string of the molecule is Cc1ccnc(NC(=O)c2ccc(OC(F)F)cc2)c1. The van der Waals surface area contributed by atoms with Crippen LogP contribution in [-0.4, -0.2) is 17.5 Å². The molecule has 0 radical (unpaired) electrons. The van der Waals surface area contributed by atoms with Crippen molar-refractivity contribution in [3.05, 3.63) is 53.7 Å². The van der Waals surface area contributed by atoms with Gasteiger partial charge in [-0.1, -0.05) is 0 Å². The Morgan fingerprint density at radius 3 is 2.55 bits per heavy atom. The van der Waals surface area contributed by atoms with E-state index in [2.05, 4.69) is 15.0 Å². The van der Waals surface area contributed by atoms with Gasteiger partial charge < -0.3 is 10.1 Å². The Labute approximate surface area is 114 Å². The van der Waals surface area contributed by atoms with E-state index in [0.29, 0.717) is 11.4 Å². The molecule has 2 aromatic rings. The quantitative estimate of drug-likeness (QED) is 0.934. The first-order valence-corrected chi connectivity index (χ1v) is 5.83. The van der Waals surface area contributed by atoms with Gasteiger partial charge in [-0.2, -0.15) is 8.78 Å². The summed E-state index contributed by atoms with van der Waals surface area (Å²) in [6.45, 7) is -1.00. The first kappa shape index (κ1) is 13.9. The van der Waals surface area contributed by atoms with E-state index >= 15 is 0 Å². The highest BCUT2D eigenvalue weighted by Gasteiger charge is 2.08. The molecule has 1 amide bonds. The average molecular weight is 278 g/mol. The lowest BCUT2D eigenvalue weighted by Crippen LogP contribution is -2.13. The number of nitrogens with one attached hydrogen (secondary N) is 1. The fourth-order valence-electron chi connectivity index (χ4n) is 1.58. The topological polar surface area (TPSA) is 51.2 Å². The second-order valence-electron chi connectivity index (χ2n) is 4.08. The van der Waals surface area contributed by atoms with Crippen molar-refractivity contribution in [2.45, 2.75) is 13.5 Å². The summed E-state index contributed by atoms with van der Waals surface area (Å²) in [6, 6.07) is 8.97. The molecule has 0 bridgehead atoms. The number of alkyl halides is 2. The van der Waals surface area contributed by atoms with Crippen molar-refractivity contribution in [2.75, 3.05) is 5.32 Å². The van der Waals surface area contributed by atoms with Crippen LogP contribution in [0.25, 0.3) is 0 Å². The Kier molecular flexibility index (Phi) is 4.24. The monoisotopic (exact) mass is 278 g/mol. The lowest BCUT2D eigenvalue weighted by atomic mass is 10.2. The number of hydrogen-bond acceptors (Lipinski definition) is 3. The summed E-state index contributed by atoms with van der Waals surface area (Å²) in [5.41, 5.74) is 1.30. The van der Waals surface area contributed by atoms with E-state index in [4.69, 9.17) is 0 Å². The molecule has 0 saturated carbocycles. The van der Waals surface area contributed by atoms with E-state index < -0.39 is 6.61 Å². The molecule has 0 aliphatic rings. The van der Waals surface area contributed by atoms with E-state index in [1.807, 2.05) is 13.0 Å². The second-order valence-corrected chi connectivity index (χ2v) is 4.08. The van der Waals surface area contributed by atoms with E-state index in [0.717, 1.165) is 5.56 Å². The fraction of sp³-hybridized carbons (Fsp3) is 0.143. The number of aromatic nitrogens is 1. The van der Waals surface area contributed by atoms with Crippen molar-refractivity contribution >= 4 is 11.7 Å². The van der Waals surface area contributed by atoms with Crippen LogP contribution < -0.4 is 10.1 Å². The number of carbonyl (C=O) groups excluding carboxylic acids is 1. The Bertz CT molecular complexity index is 600. The minimum atomic E-state index is -2.88. The molecule has 2 rings (SSSR count). The summed E-state index contributed by atoms with van der Waals surface area (Å²) in [5.74, 6) is 0.0693.